The van der Waals surface area contributed by atoms with Crippen LogP contribution in [0.2, 0.25) is 0 Å². The second kappa shape index (κ2) is 4.56. The first kappa shape index (κ1) is 11.6. The van der Waals surface area contributed by atoms with Crippen molar-refractivity contribution in [2.45, 2.75) is 26.7 Å². The molecule has 0 amide bonds. The topological polar surface area (TPSA) is 32.3 Å². The fourth-order valence-corrected chi connectivity index (χ4v) is 2.59. The molecule has 1 aliphatic heterocycles. The molecule has 0 spiro atoms. The van der Waals surface area contributed by atoms with E-state index in [2.05, 4.69) is 37.4 Å². The van der Waals surface area contributed by atoms with Crippen molar-refractivity contribution < 1.29 is 5.11 Å². The number of hydrogen-bond donors (Lipinski definition) is 2. The first-order valence-corrected chi connectivity index (χ1v) is 6.03. The predicted molar refractivity (Wildman–Crippen MR) is 66.6 cm³/mol. The van der Waals surface area contributed by atoms with Gasteiger partial charge in [-0.15, -0.1) is 0 Å². The second-order valence-corrected chi connectivity index (χ2v) is 5.19. The maximum absolute atomic E-state index is 9.58. The van der Waals surface area contributed by atoms with Crippen molar-refractivity contribution in [2.75, 3.05) is 19.7 Å². The Morgan fingerprint density at radius 3 is 2.75 bits per heavy atom. The van der Waals surface area contributed by atoms with Crippen molar-refractivity contribution in [1.82, 2.24) is 5.32 Å². The normalized spacial score (nSPS) is 24.9. The third-order valence-corrected chi connectivity index (χ3v) is 3.73. The van der Waals surface area contributed by atoms with Gasteiger partial charge in [0.1, 0.15) is 0 Å². The molecule has 0 saturated carbocycles. The molecule has 16 heavy (non-hydrogen) atoms. The maximum Gasteiger partial charge on any atom is 0.0503 e. The van der Waals surface area contributed by atoms with E-state index in [4.69, 9.17) is 0 Å². The van der Waals surface area contributed by atoms with Crippen molar-refractivity contribution in [3.05, 3.63) is 34.9 Å². The van der Waals surface area contributed by atoms with E-state index in [1.54, 1.807) is 0 Å². The van der Waals surface area contributed by atoms with Gasteiger partial charge in [-0.2, -0.15) is 0 Å². The number of benzene rings is 1. The van der Waals surface area contributed by atoms with Crippen LogP contribution in [-0.2, 0) is 6.42 Å². The van der Waals surface area contributed by atoms with Crippen LogP contribution in [0.4, 0.5) is 0 Å². The van der Waals surface area contributed by atoms with Crippen LogP contribution in [0.25, 0.3) is 0 Å². The van der Waals surface area contributed by atoms with Crippen LogP contribution >= 0.6 is 0 Å². The van der Waals surface area contributed by atoms with Gasteiger partial charge in [0, 0.05) is 12.0 Å². The van der Waals surface area contributed by atoms with Gasteiger partial charge >= 0.3 is 0 Å². The Balaban J connectivity index is 2.19. The molecule has 88 valence electrons. The van der Waals surface area contributed by atoms with Crippen LogP contribution in [-0.4, -0.2) is 24.8 Å². The lowest BCUT2D eigenvalue weighted by Crippen LogP contribution is -2.30. The van der Waals surface area contributed by atoms with Crippen molar-refractivity contribution in [2.24, 2.45) is 5.41 Å². The number of aliphatic hydroxyl groups excluding tert-OH is 1. The minimum Gasteiger partial charge on any atom is -0.396 e. The van der Waals surface area contributed by atoms with Crippen LogP contribution in [0.5, 0.6) is 0 Å². The van der Waals surface area contributed by atoms with Crippen molar-refractivity contribution in [3.8, 4) is 0 Å². The number of hydrogen-bond acceptors (Lipinski definition) is 2. The van der Waals surface area contributed by atoms with Gasteiger partial charge in [0.25, 0.3) is 0 Å². The zero-order valence-corrected chi connectivity index (χ0v) is 10.2. The molecule has 1 aliphatic rings. The summed E-state index contributed by atoms with van der Waals surface area (Å²) < 4.78 is 0. The van der Waals surface area contributed by atoms with Crippen LogP contribution < -0.4 is 5.32 Å². The summed E-state index contributed by atoms with van der Waals surface area (Å²) in [5, 5.41) is 12.9. The number of rotatable bonds is 3. The highest BCUT2D eigenvalue weighted by Crippen LogP contribution is 2.30. The molecule has 1 fully saturated rings. The van der Waals surface area contributed by atoms with Gasteiger partial charge in [-0.3, -0.25) is 0 Å². The summed E-state index contributed by atoms with van der Waals surface area (Å²) in [6.07, 6.45) is 2.07. The average molecular weight is 219 g/mol. The number of aliphatic hydroxyl groups is 1. The first-order valence-electron chi connectivity index (χ1n) is 6.03. The summed E-state index contributed by atoms with van der Waals surface area (Å²) in [5.41, 5.74) is 4.10. The van der Waals surface area contributed by atoms with Crippen molar-refractivity contribution >= 4 is 0 Å². The molecule has 1 heterocycles. The Bertz CT molecular complexity index is 367. The Kier molecular flexibility index (Phi) is 3.31. The Labute approximate surface area is 97.7 Å². The van der Waals surface area contributed by atoms with Gasteiger partial charge in [0.05, 0.1) is 6.61 Å². The molecule has 2 heteroatoms. The first-order chi connectivity index (χ1) is 7.65. The Morgan fingerprint density at radius 2 is 2.19 bits per heavy atom. The van der Waals surface area contributed by atoms with Crippen LogP contribution in [0.15, 0.2) is 18.2 Å². The van der Waals surface area contributed by atoms with E-state index < -0.39 is 0 Å². The van der Waals surface area contributed by atoms with Gasteiger partial charge in [0.15, 0.2) is 0 Å². The van der Waals surface area contributed by atoms with E-state index >= 15 is 0 Å². The molecule has 1 aromatic rings. The average Bonchev–Trinajstić information content (AvgIpc) is 2.72. The fourth-order valence-electron chi connectivity index (χ4n) is 2.59. The molecule has 2 rings (SSSR count). The lowest BCUT2D eigenvalue weighted by Gasteiger charge is -2.26. The molecule has 1 saturated heterocycles. The molecular weight excluding hydrogens is 198 g/mol. The summed E-state index contributed by atoms with van der Waals surface area (Å²) in [7, 11) is 0. The molecule has 2 nitrogen and oxygen atoms in total. The predicted octanol–water partition coefficient (Wildman–Crippen LogP) is 1.82. The van der Waals surface area contributed by atoms with Crippen molar-refractivity contribution in [1.29, 1.82) is 0 Å². The highest BCUT2D eigenvalue weighted by atomic mass is 16.3. The molecule has 0 radical (unpaired) electrons. The van der Waals surface area contributed by atoms with E-state index in [9.17, 15) is 5.11 Å². The number of nitrogens with one attached hydrogen (secondary N) is 1. The van der Waals surface area contributed by atoms with Gasteiger partial charge in [0.2, 0.25) is 0 Å². The Morgan fingerprint density at radius 1 is 1.38 bits per heavy atom. The second-order valence-electron chi connectivity index (χ2n) is 5.19. The number of aryl methyl sites for hydroxylation is 2. The smallest absolute Gasteiger partial charge is 0.0503 e. The van der Waals surface area contributed by atoms with E-state index in [1.165, 1.54) is 16.7 Å². The van der Waals surface area contributed by atoms with Gasteiger partial charge in [-0.05, 0) is 44.4 Å². The molecule has 0 bridgehead atoms. The van der Waals surface area contributed by atoms with Crippen LogP contribution in [0, 0.1) is 19.3 Å². The summed E-state index contributed by atoms with van der Waals surface area (Å²) in [6.45, 7) is 6.54. The van der Waals surface area contributed by atoms with Crippen LogP contribution in [0.1, 0.15) is 23.1 Å². The monoisotopic (exact) mass is 219 g/mol. The van der Waals surface area contributed by atoms with E-state index in [0.717, 1.165) is 25.9 Å². The SMILES string of the molecule is Cc1ccc(CC2(CO)CCNC2)c(C)c1. The van der Waals surface area contributed by atoms with Gasteiger partial charge < -0.3 is 10.4 Å². The molecule has 0 aromatic heterocycles. The van der Waals surface area contributed by atoms with Gasteiger partial charge in [-0.1, -0.05) is 23.8 Å². The largest absolute Gasteiger partial charge is 0.396 e. The van der Waals surface area contributed by atoms with Crippen molar-refractivity contribution in [3.63, 3.8) is 0 Å². The maximum atomic E-state index is 9.58. The zero-order chi connectivity index (χ0) is 11.6. The molecule has 1 unspecified atom stereocenters. The Hall–Kier alpha value is -0.860. The molecule has 1 aromatic carbocycles. The zero-order valence-electron chi connectivity index (χ0n) is 10.2. The lowest BCUT2D eigenvalue weighted by atomic mass is 9.80. The van der Waals surface area contributed by atoms with Gasteiger partial charge in [-0.25, -0.2) is 0 Å². The minimum atomic E-state index is 0.0695. The highest BCUT2D eigenvalue weighted by molar-refractivity contribution is 5.31. The lowest BCUT2D eigenvalue weighted by molar-refractivity contribution is 0.142. The summed E-state index contributed by atoms with van der Waals surface area (Å²) >= 11 is 0. The van der Waals surface area contributed by atoms with E-state index in [-0.39, 0.29) is 12.0 Å². The quantitative estimate of drug-likeness (QED) is 0.812. The minimum absolute atomic E-state index is 0.0695. The molecular formula is C14H21NO. The molecule has 0 aliphatic carbocycles. The fraction of sp³-hybridized carbons (Fsp3) is 0.571. The summed E-state index contributed by atoms with van der Waals surface area (Å²) in [6, 6.07) is 6.60. The van der Waals surface area contributed by atoms with E-state index in [1.807, 2.05) is 0 Å². The summed E-state index contributed by atoms with van der Waals surface area (Å²) in [4.78, 5) is 0. The molecule has 1 atom stereocenters. The third kappa shape index (κ3) is 2.28. The van der Waals surface area contributed by atoms with E-state index in [0.29, 0.717) is 0 Å². The summed E-state index contributed by atoms with van der Waals surface area (Å²) in [5.74, 6) is 0. The van der Waals surface area contributed by atoms with Crippen LogP contribution in [0.3, 0.4) is 0 Å². The highest BCUT2D eigenvalue weighted by Gasteiger charge is 2.33. The third-order valence-electron chi connectivity index (χ3n) is 3.73. The molecule has 2 N–H and O–H groups in total. The standard InChI is InChI=1S/C14H21NO/c1-11-3-4-13(12(2)7-11)8-14(10-16)5-6-15-9-14/h3-4,7,15-16H,5-6,8-10H2,1-2H3.